The third kappa shape index (κ3) is 3.85. The van der Waals surface area contributed by atoms with Crippen LogP contribution in [0.1, 0.15) is 29.8 Å². The summed E-state index contributed by atoms with van der Waals surface area (Å²) in [4.78, 5) is 14.3. The van der Waals surface area contributed by atoms with E-state index in [0.717, 1.165) is 24.3 Å². The van der Waals surface area contributed by atoms with E-state index in [9.17, 15) is 4.79 Å². The molecule has 0 aliphatic carbocycles. The zero-order valence-electron chi connectivity index (χ0n) is 12.8. The van der Waals surface area contributed by atoms with Crippen molar-refractivity contribution >= 4 is 11.7 Å². The Balaban J connectivity index is 2.08. The first-order valence-electron chi connectivity index (χ1n) is 7.28. The Morgan fingerprint density at radius 1 is 1.05 bits per heavy atom. The van der Waals surface area contributed by atoms with Gasteiger partial charge in [-0.3, -0.25) is 0 Å². The van der Waals surface area contributed by atoms with E-state index < -0.39 is 0 Å². The molecule has 0 spiro atoms. The van der Waals surface area contributed by atoms with Crippen LogP contribution in [0.3, 0.4) is 0 Å². The maximum atomic E-state index is 12.1. The van der Waals surface area contributed by atoms with Crippen LogP contribution in [-0.4, -0.2) is 19.1 Å². The lowest BCUT2D eigenvalue weighted by Gasteiger charge is -2.21. The zero-order valence-corrected chi connectivity index (χ0v) is 12.8. The molecule has 0 N–H and O–H groups in total. The number of hydrogen-bond donors (Lipinski definition) is 0. The van der Waals surface area contributed by atoms with Gasteiger partial charge in [0.05, 0.1) is 5.56 Å². The molecule has 2 aromatic rings. The molecule has 0 aliphatic rings. The molecule has 0 aromatic heterocycles. The number of ether oxygens (including phenoxy) is 1. The van der Waals surface area contributed by atoms with Crippen LogP contribution in [-0.2, 0) is 0 Å². The predicted octanol–water partition coefficient (Wildman–Crippen LogP) is 4.06. The van der Waals surface area contributed by atoms with E-state index in [-0.39, 0.29) is 5.97 Å². The van der Waals surface area contributed by atoms with Crippen LogP contribution >= 0.6 is 0 Å². The molecule has 0 aliphatic heterocycles. The number of benzene rings is 2. The lowest BCUT2D eigenvalue weighted by molar-refractivity contribution is 0.0734. The summed E-state index contributed by atoms with van der Waals surface area (Å²) in [5.74, 6) is 0.242. The Labute approximate surface area is 126 Å². The van der Waals surface area contributed by atoms with Crippen molar-refractivity contribution in [2.45, 2.75) is 20.8 Å². The Morgan fingerprint density at radius 2 is 1.71 bits per heavy atom. The Bertz CT molecular complexity index is 601. The summed E-state index contributed by atoms with van der Waals surface area (Å²) in [6, 6.07) is 15.0. The highest BCUT2D eigenvalue weighted by Crippen LogP contribution is 2.20. The van der Waals surface area contributed by atoms with Gasteiger partial charge in [-0.15, -0.1) is 0 Å². The maximum absolute atomic E-state index is 12.1. The fraction of sp³-hybridized carbons (Fsp3) is 0.278. The molecule has 3 heteroatoms. The van der Waals surface area contributed by atoms with Crippen LogP contribution in [0.15, 0.2) is 48.5 Å². The first kappa shape index (κ1) is 15.1. The molecule has 2 aromatic carbocycles. The van der Waals surface area contributed by atoms with Crippen molar-refractivity contribution in [3.8, 4) is 5.75 Å². The van der Waals surface area contributed by atoms with Crippen LogP contribution in [0.2, 0.25) is 0 Å². The molecule has 0 heterocycles. The zero-order chi connectivity index (χ0) is 15.2. The van der Waals surface area contributed by atoms with Gasteiger partial charge in [0.2, 0.25) is 0 Å². The lowest BCUT2D eigenvalue weighted by atomic mass is 10.1. The Hall–Kier alpha value is -2.29. The molecule has 0 atom stereocenters. The highest BCUT2D eigenvalue weighted by atomic mass is 16.5. The fourth-order valence-corrected chi connectivity index (χ4v) is 2.25. The highest BCUT2D eigenvalue weighted by molar-refractivity contribution is 5.91. The average molecular weight is 283 g/mol. The van der Waals surface area contributed by atoms with Gasteiger partial charge in [-0.05, 0) is 57.2 Å². The van der Waals surface area contributed by atoms with Crippen LogP contribution in [0, 0.1) is 6.92 Å². The van der Waals surface area contributed by atoms with Gasteiger partial charge in [0.25, 0.3) is 0 Å². The van der Waals surface area contributed by atoms with Crippen LogP contribution in [0.4, 0.5) is 5.69 Å². The molecule has 0 saturated carbocycles. The van der Waals surface area contributed by atoms with Crippen molar-refractivity contribution in [1.82, 2.24) is 0 Å². The van der Waals surface area contributed by atoms with Crippen LogP contribution in [0.5, 0.6) is 5.75 Å². The van der Waals surface area contributed by atoms with E-state index in [2.05, 4.69) is 18.7 Å². The molecular formula is C18H21NO2. The number of hydrogen-bond acceptors (Lipinski definition) is 3. The summed E-state index contributed by atoms with van der Waals surface area (Å²) in [7, 11) is 0. The van der Waals surface area contributed by atoms with Gasteiger partial charge in [0.15, 0.2) is 0 Å². The van der Waals surface area contributed by atoms with Gasteiger partial charge in [-0.1, -0.05) is 17.7 Å². The van der Waals surface area contributed by atoms with Crippen molar-refractivity contribution < 1.29 is 9.53 Å². The predicted molar refractivity (Wildman–Crippen MR) is 86.1 cm³/mol. The molecule has 0 saturated heterocycles. The number of carbonyl (C=O) groups is 1. The number of esters is 1. The van der Waals surface area contributed by atoms with E-state index >= 15 is 0 Å². The SMILES string of the molecule is CCN(CC)c1ccc(OC(=O)c2cccc(C)c2)cc1. The average Bonchev–Trinajstić information content (AvgIpc) is 2.50. The van der Waals surface area contributed by atoms with Gasteiger partial charge in [-0.2, -0.15) is 0 Å². The molecule has 0 amide bonds. The van der Waals surface area contributed by atoms with Gasteiger partial charge in [0, 0.05) is 18.8 Å². The van der Waals surface area contributed by atoms with E-state index in [1.165, 1.54) is 0 Å². The first-order chi connectivity index (χ1) is 10.1. The summed E-state index contributed by atoms with van der Waals surface area (Å²) in [5, 5.41) is 0. The molecule has 0 radical (unpaired) electrons. The highest BCUT2D eigenvalue weighted by Gasteiger charge is 2.09. The minimum absolute atomic E-state index is 0.325. The number of aryl methyl sites for hydroxylation is 1. The topological polar surface area (TPSA) is 29.5 Å². The second-order valence-electron chi connectivity index (χ2n) is 4.93. The second-order valence-corrected chi connectivity index (χ2v) is 4.93. The molecule has 110 valence electrons. The molecule has 21 heavy (non-hydrogen) atoms. The first-order valence-corrected chi connectivity index (χ1v) is 7.28. The number of carbonyl (C=O) groups excluding carboxylic acids is 1. The third-order valence-electron chi connectivity index (χ3n) is 3.43. The molecule has 0 unspecified atom stereocenters. The summed E-state index contributed by atoms with van der Waals surface area (Å²) in [5.41, 5.74) is 2.75. The summed E-state index contributed by atoms with van der Waals surface area (Å²) in [6.45, 7) is 8.11. The van der Waals surface area contributed by atoms with Crippen molar-refractivity contribution in [1.29, 1.82) is 0 Å². The van der Waals surface area contributed by atoms with Crippen molar-refractivity contribution in [2.75, 3.05) is 18.0 Å². The van der Waals surface area contributed by atoms with E-state index in [4.69, 9.17) is 4.74 Å². The molecule has 0 bridgehead atoms. The Kier molecular flexibility index (Phi) is 4.99. The quantitative estimate of drug-likeness (QED) is 0.612. The monoisotopic (exact) mass is 283 g/mol. The number of nitrogens with zero attached hydrogens (tertiary/aromatic N) is 1. The van der Waals surface area contributed by atoms with Gasteiger partial charge < -0.3 is 9.64 Å². The van der Waals surface area contributed by atoms with E-state index in [1.807, 2.05) is 49.4 Å². The van der Waals surface area contributed by atoms with E-state index in [0.29, 0.717) is 11.3 Å². The minimum atomic E-state index is -0.325. The summed E-state index contributed by atoms with van der Waals surface area (Å²) in [6.07, 6.45) is 0. The molecular weight excluding hydrogens is 262 g/mol. The standard InChI is InChI=1S/C18H21NO2/c1-4-19(5-2)16-9-11-17(12-10-16)21-18(20)15-8-6-7-14(3)13-15/h6-13H,4-5H2,1-3H3. The van der Waals surface area contributed by atoms with Crippen LogP contribution < -0.4 is 9.64 Å². The van der Waals surface area contributed by atoms with Crippen molar-refractivity contribution in [3.05, 3.63) is 59.7 Å². The van der Waals surface area contributed by atoms with Gasteiger partial charge >= 0.3 is 5.97 Å². The second kappa shape index (κ2) is 6.93. The van der Waals surface area contributed by atoms with Gasteiger partial charge in [0.1, 0.15) is 5.75 Å². The van der Waals surface area contributed by atoms with Crippen molar-refractivity contribution in [3.63, 3.8) is 0 Å². The third-order valence-corrected chi connectivity index (χ3v) is 3.43. The minimum Gasteiger partial charge on any atom is -0.423 e. The normalized spacial score (nSPS) is 10.2. The molecule has 2 rings (SSSR count). The largest absolute Gasteiger partial charge is 0.423 e. The number of rotatable bonds is 5. The summed E-state index contributed by atoms with van der Waals surface area (Å²) < 4.78 is 5.40. The maximum Gasteiger partial charge on any atom is 0.343 e. The van der Waals surface area contributed by atoms with Crippen molar-refractivity contribution in [2.24, 2.45) is 0 Å². The van der Waals surface area contributed by atoms with Gasteiger partial charge in [-0.25, -0.2) is 4.79 Å². The van der Waals surface area contributed by atoms with Crippen LogP contribution in [0.25, 0.3) is 0 Å². The molecule has 0 fully saturated rings. The number of anilines is 1. The Morgan fingerprint density at radius 3 is 2.29 bits per heavy atom. The smallest absolute Gasteiger partial charge is 0.343 e. The van der Waals surface area contributed by atoms with E-state index in [1.54, 1.807) is 6.07 Å². The fourth-order valence-electron chi connectivity index (χ4n) is 2.25. The lowest BCUT2D eigenvalue weighted by Crippen LogP contribution is -2.21. The molecule has 3 nitrogen and oxygen atoms in total. The summed E-state index contributed by atoms with van der Waals surface area (Å²) >= 11 is 0.